The molecule has 2 aromatic rings. The molecule has 0 saturated carbocycles. The first-order valence-electron chi connectivity index (χ1n) is 9.12. The Morgan fingerprint density at radius 2 is 2.00 bits per heavy atom. The van der Waals surface area contributed by atoms with Crippen molar-refractivity contribution in [1.82, 2.24) is 14.5 Å². The van der Waals surface area contributed by atoms with Crippen LogP contribution in [-0.2, 0) is 13.0 Å². The van der Waals surface area contributed by atoms with Crippen LogP contribution in [-0.4, -0.2) is 34.1 Å². The van der Waals surface area contributed by atoms with Crippen molar-refractivity contribution in [2.24, 2.45) is 5.92 Å². The van der Waals surface area contributed by atoms with Gasteiger partial charge in [0.2, 0.25) is 0 Å². The molecule has 1 saturated heterocycles. The van der Waals surface area contributed by atoms with Gasteiger partial charge in [0.25, 0.3) is 0 Å². The number of likely N-dealkylation sites (tertiary alicyclic amines) is 1. The quantitative estimate of drug-likeness (QED) is 0.734. The fourth-order valence-corrected chi connectivity index (χ4v) is 3.72. The molecule has 3 heteroatoms. The van der Waals surface area contributed by atoms with Gasteiger partial charge in [0.1, 0.15) is 0 Å². The highest BCUT2D eigenvalue weighted by Gasteiger charge is 2.19. The smallest absolute Gasteiger partial charge is 0.0945 e. The Hall–Kier alpha value is -1.61. The highest BCUT2D eigenvalue weighted by atomic mass is 15.1. The van der Waals surface area contributed by atoms with E-state index in [2.05, 4.69) is 51.0 Å². The highest BCUT2D eigenvalue weighted by molar-refractivity contribution is 5.14. The molecule has 1 unspecified atom stereocenters. The molecule has 1 aliphatic heterocycles. The van der Waals surface area contributed by atoms with E-state index in [1.54, 1.807) is 0 Å². The van der Waals surface area contributed by atoms with Gasteiger partial charge < -0.3 is 9.47 Å². The molecule has 1 aromatic heterocycles. The number of hydrogen-bond donors (Lipinski definition) is 0. The summed E-state index contributed by atoms with van der Waals surface area (Å²) >= 11 is 0. The Balaban J connectivity index is 1.33. The Kier molecular flexibility index (Phi) is 6.27. The first-order chi connectivity index (χ1) is 11.4. The van der Waals surface area contributed by atoms with Gasteiger partial charge in [-0.25, -0.2) is 4.98 Å². The molecule has 0 bridgehead atoms. The Labute approximate surface area is 140 Å². The lowest BCUT2D eigenvalue weighted by Gasteiger charge is -2.32. The summed E-state index contributed by atoms with van der Waals surface area (Å²) < 4.78 is 2.19. The maximum atomic E-state index is 4.11. The highest BCUT2D eigenvalue weighted by Crippen LogP contribution is 2.21. The molecular formula is C20H29N3. The molecule has 1 aromatic carbocycles. The monoisotopic (exact) mass is 311 g/mol. The van der Waals surface area contributed by atoms with Gasteiger partial charge in [-0.2, -0.15) is 0 Å². The summed E-state index contributed by atoms with van der Waals surface area (Å²) in [4.78, 5) is 6.80. The van der Waals surface area contributed by atoms with Crippen molar-refractivity contribution >= 4 is 0 Å². The minimum Gasteiger partial charge on any atom is -0.337 e. The van der Waals surface area contributed by atoms with E-state index in [4.69, 9.17) is 0 Å². The second kappa shape index (κ2) is 8.88. The van der Waals surface area contributed by atoms with Gasteiger partial charge in [0.15, 0.2) is 0 Å². The molecular weight excluding hydrogens is 282 g/mol. The van der Waals surface area contributed by atoms with E-state index >= 15 is 0 Å². The standard InChI is InChI=1S/C20H29N3/c1-2-7-19(8-3-1)9-4-13-22-14-5-10-20(17-22)11-6-15-23-16-12-21-18-23/h1-3,7-8,12,16,18,20H,4-6,9-11,13-15,17H2. The van der Waals surface area contributed by atoms with Gasteiger partial charge in [-0.3, -0.25) is 0 Å². The van der Waals surface area contributed by atoms with E-state index in [1.165, 1.54) is 63.7 Å². The largest absolute Gasteiger partial charge is 0.337 e. The second-order valence-electron chi connectivity index (χ2n) is 6.84. The third-order valence-corrected chi connectivity index (χ3v) is 4.97. The van der Waals surface area contributed by atoms with Gasteiger partial charge in [0.05, 0.1) is 6.33 Å². The summed E-state index contributed by atoms with van der Waals surface area (Å²) in [5, 5.41) is 0. The number of imidazole rings is 1. The topological polar surface area (TPSA) is 21.1 Å². The predicted molar refractivity (Wildman–Crippen MR) is 95.4 cm³/mol. The summed E-state index contributed by atoms with van der Waals surface area (Å²) in [6, 6.07) is 10.9. The molecule has 1 aliphatic rings. The lowest BCUT2D eigenvalue weighted by Crippen LogP contribution is -2.36. The minimum absolute atomic E-state index is 0.893. The summed E-state index contributed by atoms with van der Waals surface area (Å²) in [7, 11) is 0. The summed E-state index contributed by atoms with van der Waals surface area (Å²) in [5.74, 6) is 0.893. The van der Waals surface area contributed by atoms with E-state index in [-0.39, 0.29) is 0 Å². The van der Waals surface area contributed by atoms with Crippen LogP contribution in [0.1, 0.15) is 37.7 Å². The molecule has 0 N–H and O–H groups in total. The molecule has 124 valence electrons. The van der Waals surface area contributed by atoms with Crippen molar-refractivity contribution in [3.8, 4) is 0 Å². The molecule has 0 aliphatic carbocycles. The Bertz CT molecular complexity index is 535. The average Bonchev–Trinajstić information content (AvgIpc) is 3.10. The molecule has 2 heterocycles. The Morgan fingerprint density at radius 3 is 2.83 bits per heavy atom. The van der Waals surface area contributed by atoms with Crippen molar-refractivity contribution in [3.63, 3.8) is 0 Å². The van der Waals surface area contributed by atoms with Gasteiger partial charge in [-0.15, -0.1) is 0 Å². The number of benzene rings is 1. The van der Waals surface area contributed by atoms with Crippen molar-refractivity contribution in [2.45, 2.75) is 45.1 Å². The molecule has 3 rings (SSSR count). The van der Waals surface area contributed by atoms with Crippen LogP contribution in [0.15, 0.2) is 49.1 Å². The van der Waals surface area contributed by atoms with Crippen LogP contribution < -0.4 is 0 Å². The van der Waals surface area contributed by atoms with E-state index in [1.807, 2.05) is 12.5 Å². The molecule has 1 atom stereocenters. The fraction of sp³-hybridized carbons (Fsp3) is 0.550. The molecule has 0 radical (unpaired) electrons. The minimum atomic E-state index is 0.893. The zero-order chi connectivity index (χ0) is 15.7. The summed E-state index contributed by atoms with van der Waals surface area (Å²) in [6.45, 7) is 4.98. The number of aromatic nitrogens is 2. The van der Waals surface area contributed by atoms with Crippen LogP contribution >= 0.6 is 0 Å². The molecule has 3 nitrogen and oxygen atoms in total. The van der Waals surface area contributed by atoms with Crippen molar-refractivity contribution in [3.05, 3.63) is 54.6 Å². The number of aryl methyl sites for hydroxylation is 2. The van der Waals surface area contributed by atoms with Gasteiger partial charge in [-0.05, 0) is 63.1 Å². The first kappa shape index (κ1) is 16.3. The molecule has 0 amide bonds. The Morgan fingerprint density at radius 1 is 1.09 bits per heavy atom. The third kappa shape index (κ3) is 5.51. The van der Waals surface area contributed by atoms with E-state index in [9.17, 15) is 0 Å². The lowest BCUT2D eigenvalue weighted by atomic mass is 9.93. The predicted octanol–water partition coefficient (Wildman–Crippen LogP) is 4.01. The first-order valence-corrected chi connectivity index (χ1v) is 9.12. The van der Waals surface area contributed by atoms with Crippen LogP contribution in [0.4, 0.5) is 0 Å². The fourth-order valence-electron chi connectivity index (χ4n) is 3.72. The summed E-state index contributed by atoms with van der Waals surface area (Å²) in [6.07, 6.45) is 13.8. The maximum Gasteiger partial charge on any atom is 0.0945 e. The normalized spacial score (nSPS) is 19.0. The van der Waals surface area contributed by atoms with Crippen LogP contribution in [0.25, 0.3) is 0 Å². The third-order valence-electron chi connectivity index (χ3n) is 4.97. The van der Waals surface area contributed by atoms with Crippen molar-refractivity contribution < 1.29 is 0 Å². The van der Waals surface area contributed by atoms with Gasteiger partial charge in [0, 0.05) is 25.5 Å². The van der Waals surface area contributed by atoms with E-state index in [0.29, 0.717) is 0 Å². The van der Waals surface area contributed by atoms with Crippen molar-refractivity contribution in [2.75, 3.05) is 19.6 Å². The number of piperidine rings is 1. The summed E-state index contributed by atoms with van der Waals surface area (Å²) in [5.41, 5.74) is 1.47. The van der Waals surface area contributed by atoms with Gasteiger partial charge in [-0.1, -0.05) is 30.3 Å². The van der Waals surface area contributed by atoms with E-state index in [0.717, 1.165) is 12.5 Å². The molecule has 1 fully saturated rings. The van der Waals surface area contributed by atoms with Crippen molar-refractivity contribution in [1.29, 1.82) is 0 Å². The van der Waals surface area contributed by atoms with Crippen LogP contribution in [0.2, 0.25) is 0 Å². The number of nitrogens with zero attached hydrogens (tertiary/aromatic N) is 3. The zero-order valence-corrected chi connectivity index (χ0v) is 14.1. The van der Waals surface area contributed by atoms with E-state index < -0.39 is 0 Å². The van der Waals surface area contributed by atoms with Crippen LogP contribution in [0.5, 0.6) is 0 Å². The van der Waals surface area contributed by atoms with Gasteiger partial charge >= 0.3 is 0 Å². The maximum absolute atomic E-state index is 4.11. The number of rotatable bonds is 8. The van der Waals surface area contributed by atoms with Crippen LogP contribution in [0.3, 0.4) is 0 Å². The average molecular weight is 311 g/mol. The number of hydrogen-bond acceptors (Lipinski definition) is 2. The lowest BCUT2D eigenvalue weighted by molar-refractivity contribution is 0.164. The van der Waals surface area contributed by atoms with Crippen LogP contribution in [0, 0.1) is 5.92 Å². The second-order valence-corrected chi connectivity index (χ2v) is 6.84. The molecule has 0 spiro atoms. The molecule has 23 heavy (non-hydrogen) atoms. The zero-order valence-electron chi connectivity index (χ0n) is 14.1. The SMILES string of the molecule is c1ccc(CCCN2CCCC(CCCn3ccnc3)C2)cc1.